The molecular formula is C13H13F3N2OS. The monoisotopic (exact) mass is 302 g/mol. The van der Waals surface area contributed by atoms with Gasteiger partial charge in [0.05, 0.1) is 10.4 Å². The van der Waals surface area contributed by atoms with Gasteiger partial charge in [0, 0.05) is 12.7 Å². The van der Waals surface area contributed by atoms with Crippen molar-refractivity contribution in [3.8, 4) is 5.75 Å². The Kier molecular flexibility index (Phi) is 4.49. The predicted molar refractivity (Wildman–Crippen MR) is 72.1 cm³/mol. The van der Waals surface area contributed by atoms with Crippen LogP contribution in [0.3, 0.4) is 0 Å². The van der Waals surface area contributed by atoms with Gasteiger partial charge < -0.3 is 10.1 Å². The lowest BCUT2D eigenvalue weighted by atomic mass is 10.2. The van der Waals surface area contributed by atoms with E-state index in [4.69, 9.17) is 4.74 Å². The van der Waals surface area contributed by atoms with Crippen molar-refractivity contribution in [1.82, 2.24) is 4.98 Å². The summed E-state index contributed by atoms with van der Waals surface area (Å²) in [6.45, 7) is 3.04. The molecule has 1 aromatic heterocycles. The molecular weight excluding hydrogens is 289 g/mol. The average molecular weight is 302 g/mol. The van der Waals surface area contributed by atoms with Crippen molar-refractivity contribution in [3.05, 3.63) is 40.9 Å². The molecule has 0 spiro atoms. The van der Waals surface area contributed by atoms with Crippen molar-refractivity contribution in [2.75, 3.05) is 11.9 Å². The van der Waals surface area contributed by atoms with E-state index in [1.807, 2.05) is 6.92 Å². The summed E-state index contributed by atoms with van der Waals surface area (Å²) in [4.78, 5) is 5.05. The first-order valence-corrected chi connectivity index (χ1v) is 6.79. The molecule has 3 nitrogen and oxygen atoms in total. The molecule has 0 fully saturated rings. The van der Waals surface area contributed by atoms with Crippen molar-refractivity contribution in [2.45, 2.75) is 19.7 Å². The highest BCUT2D eigenvalue weighted by Gasteiger charge is 2.29. The average Bonchev–Trinajstić information content (AvgIpc) is 2.84. The maximum Gasteiger partial charge on any atom is 0.416 e. The van der Waals surface area contributed by atoms with E-state index in [9.17, 15) is 13.2 Å². The van der Waals surface area contributed by atoms with Gasteiger partial charge in [0.15, 0.2) is 5.13 Å². The van der Waals surface area contributed by atoms with E-state index in [1.165, 1.54) is 23.5 Å². The molecule has 2 rings (SSSR count). The molecule has 20 heavy (non-hydrogen) atoms. The first kappa shape index (κ1) is 14.6. The molecule has 0 aliphatic heterocycles. The van der Waals surface area contributed by atoms with Gasteiger partial charge in [0.1, 0.15) is 12.4 Å². The topological polar surface area (TPSA) is 34.2 Å². The van der Waals surface area contributed by atoms with Crippen LogP contribution in [0.2, 0.25) is 0 Å². The Morgan fingerprint density at radius 3 is 2.55 bits per heavy atom. The minimum atomic E-state index is -4.32. The van der Waals surface area contributed by atoms with Crippen molar-refractivity contribution in [3.63, 3.8) is 0 Å². The fourth-order valence-corrected chi connectivity index (χ4v) is 2.30. The first-order valence-electron chi connectivity index (χ1n) is 5.97. The van der Waals surface area contributed by atoms with E-state index in [0.29, 0.717) is 5.75 Å². The largest absolute Gasteiger partial charge is 0.488 e. The highest BCUT2D eigenvalue weighted by atomic mass is 32.1. The first-order chi connectivity index (χ1) is 9.49. The lowest BCUT2D eigenvalue weighted by Crippen LogP contribution is -2.04. The second-order valence-corrected chi connectivity index (χ2v) is 5.09. The van der Waals surface area contributed by atoms with Crippen LogP contribution >= 0.6 is 11.3 Å². The van der Waals surface area contributed by atoms with Gasteiger partial charge >= 0.3 is 6.18 Å². The van der Waals surface area contributed by atoms with Crippen molar-refractivity contribution >= 4 is 16.5 Å². The molecule has 1 heterocycles. The van der Waals surface area contributed by atoms with E-state index < -0.39 is 11.7 Å². The van der Waals surface area contributed by atoms with Gasteiger partial charge in [-0.25, -0.2) is 4.98 Å². The number of hydrogen-bond acceptors (Lipinski definition) is 4. The molecule has 0 radical (unpaired) electrons. The number of aromatic nitrogens is 1. The molecule has 1 N–H and O–H groups in total. The van der Waals surface area contributed by atoms with E-state index in [-0.39, 0.29) is 6.61 Å². The van der Waals surface area contributed by atoms with Gasteiger partial charge in [-0.2, -0.15) is 13.2 Å². The summed E-state index contributed by atoms with van der Waals surface area (Å²) in [5, 5.41) is 3.88. The van der Waals surface area contributed by atoms with Gasteiger partial charge in [-0.3, -0.25) is 0 Å². The number of alkyl halides is 3. The summed E-state index contributed by atoms with van der Waals surface area (Å²) in [5.74, 6) is 0.399. The molecule has 0 amide bonds. The number of anilines is 1. The fourth-order valence-electron chi connectivity index (χ4n) is 1.50. The third kappa shape index (κ3) is 3.86. The summed E-state index contributed by atoms with van der Waals surface area (Å²) in [7, 11) is 0. The fraction of sp³-hybridized carbons (Fsp3) is 0.308. The maximum absolute atomic E-state index is 12.4. The Labute approximate surface area is 118 Å². The smallest absolute Gasteiger partial charge is 0.416 e. The highest BCUT2D eigenvalue weighted by Crippen LogP contribution is 2.30. The van der Waals surface area contributed by atoms with E-state index in [2.05, 4.69) is 10.3 Å². The molecule has 0 bridgehead atoms. The van der Waals surface area contributed by atoms with Gasteiger partial charge in [0.2, 0.25) is 0 Å². The Hall–Kier alpha value is -1.76. The molecule has 0 atom stereocenters. The Bertz CT molecular complexity index is 551. The van der Waals surface area contributed by atoms with Gasteiger partial charge in [0.25, 0.3) is 0 Å². The maximum atomic E-state index is 12.4. The van der Waals surface area contributed by atoms with Crippen LogP contribution in [0.1, 0.15) is 17.4 Å². The minimum Gasteiger partial charge on any atom is -0.488 e. The second kappa shape index (κ2) is 6.13. The number of hydrogen-bond donors (Lipinski definition) is 1. The number of benzene rings is 1. The van der Waals surface area contributed by atoms with Crippen LogP contribution < -0.4 is 10.1 Å². The number of rotatable bonds is 5. The lowest BCUT2D eigenvalue weighted by Gasteiger charge is -2.08. The zero-order valence-corrected chi connectivity index (χ0v) is 11.5. The third-order valence-electron chi connectivity index (χ3n) is 2.44. The van der Waals surface area contributed by atoms with Crippen LogP contribution in [-0.4, -0.2) is 11.5 Å². The van der Waals surface area contributed by atoms with Crippen LogP contribution in [0.4, 0.5) is 18.3 Å². The zero-order valence-electron chi connectivity index (χ0n) is 10.7. The number of halogens is 3. The van der Waals surface area contributed by atoms with Crippen molar-refractivity contribution in [1.29, 1.82) is 0 Å². The van der Waals surface area contributed by atoms with Crippen LogP contribution in [-0.2, 0) is 12.8 Å². The Morgan fingerprint density at radius 1 is 1.25 bits per heavy atom. The highest BCUT2D eigenvalue weighted by molar-refractivity contribution is 7.15. The number of nitrogens with zero attached hydrogens (tertiary/aromatic N) is 1. The third-order valence-corrected chi connectivity index (χ3v) is 3.37. The zero-order chi connectivity index (χ0) is 14.6. The molecule has 0 aliphatic carbocycles. The quantitative estimate of drug-likeness (QED) is 0.900. The molecule has 0 saturated heterocycles. The van der Waals surface area contributed by atoms with E-state index in [1.54, 1.807) is 6.20 Å². The minimum absolute atomic E-state index is 0.286. The number of ether oxygens (including phenoxy) is 1. The van der Waals surface area contributed by atoms with Crippen LogP contribution in [0.5, 0.6) is 5.75 Å². The molecule has 0 saturated carbocycles. The summed E-state index contributed by atoms with van der Waals surface area (Å²) in [6, 6.07) is 4.64. The summed E-state index contributed by atoms with van der Waals surface area (Å²) in [5.41, 5.74) is -0.683. The second-order valence-electron chi connectivity index (χ2n) is 3.97. The lowest BCUT2D eigenvalue weighted by molar-refractivity contribution is -0.137. The van der Waals surface area contributed by atoms with E-state index >= 15 is 0 Å². The molecule has 7 heteroatoms. The summed E-state index contributed by atoms with van der Waals surface area (Å²) < 4.78 is 42.6. The van der Waals surface area contributed by atoms with Crippen LogP contribution in [0, 0.1) is 0 Å². The Morgan fingerprint density at radius 2 is 1.95 bits per heavy atom. The van der Waals surface area contributed by atoms with E-state index in [0.717, 1.165) is 28.7 Å². The van der Waals surface area contributed by atoms with Crippen LogP contribution in [0.15, 0.2) is 30.5 Å². The molecule has 0 unspecified atom stereocenters. The molecule has 0 aliphatic rings. The summed E-state index contributed by atoms with van der Waals surface area (Å²) >= 11 is 1.46. The SMILES string of the molecule is CCNc1ncc(COc2ccc(C(F)(F)F)cc2)s1. The Balaban J connectivity index is 1.93. The number of thiazole rings is 1. The standard InChI is InChI=1S/C13H13F3N2OS/c1-2-17-12-18-7-11(20-12)8-19-10-5-3-9(4-6-10)13(14,15)16/h3-7H,2,8H2,1H3,(H,17,18). The van der Waals surface area contributed by atoms with Gasteiger partial charge in [-0.05, 0) is 31.2 Å². The van der Waals surface area contributed by atoms with Crippen molar-refractivity contribution < 1.29 is 17.9 Å². The summed E-state index contributed by atoms with van der Waals surface area (Å²) in [6.07, 6.45) is -2.64. The normalized spacial score (nSPS) is 11.4. The van der Waals surface area contributed by atoms with Gasteiger partial charge in [-0.1, -0.05) is 11.3 Å². The number of nitrogens with one attached hydrogen (secondary N) is 1. The molecule has 108 valence electrons. The molecule has 1 aromatic carbocycles. The van der Waals surface area contributed by atoms with Gasteiger partial charge in [-0.15, -0.1) is 0 Å². The van der Waals surface area contributed by atoms with Crippen LogP contribution in [0.25, 0.3) is 0 Å². The van der Waals surface area contributed by atoms with Crippen molar-refractivity contribution in [2.24, 2.45) is 0 Å². The molecule has 2 aromatic rings. The predicted octanol–water partition coefficient (Wildman–Crippen LogP) is 4.17.